The average molecular weight is 248 g/mol. The summed E-state index contributed by atoms with van der Waals surface area (Å²) in [5.74, 6) is 1.66. The van der Waals surface area contributed by atoms with Gasteiger partial charge in [0.05, 0.1) is 12.7 Å². The topological polar surface area (TPSA) is 34.1 Å². The highest BCUT2D eigenvalue weighted by Gasteiger charge is 2.24. The number of ether oxygens (including phenoxy) is 1. The van der Waals surface area contributed by atoms with Gasteiger partial charge < -0.3 is 10.1 Å². The van der Waals surface area contributed by atoms with Gasteiger partial charge in [0.2, 0.25) is 0 Å². The monoisotopic (exact) mass is 248 g/mol. The van der Waals surface area contributed by atoms with Crippen LogP contribution in [0.1, 0.15) is 44.6 Å². The van der Waals surface area contributed by atoms with Crippen molar-refractivity contribution in [1.29, 1.82) is 0 Å². The fourth-order valence-electron chi connectivity index (χ4n) is 2.72. The summed E-state index contributed by atoms with van der Waals surface area (Å²) in [6.45, 7) is 2.97. The van der Waals surface area contributed by atoms with Crippen molar-refractivity contribution in [3.63, 3.8) is 0 Å². The van der Waals surface area contributed by atoms with Crippen molar-refractivity contribution in [2.45, 2.75) is 51.7 Å². The second kappa shape index (κ2) is 6.74. The van der Waals surface area contributed by atoms with Gasteiger partial charge in [-0.15, -0.1) is 0 Å². The Labute approximate surface area is 110 Å². The van der Waals surface area contributed by atoms with E-state index in [2.05, 4.69) is 23.3 Å². The van der Waals surface area contributed by atoms with Gasteiger partial charge in [-0.2, -0.15) is 0 Å². The van der Waals surface area contributed by atoms with Crippen LogP contribution >= 0.6 is 0 Å². The van der Waals surface area contributed by atoms with E-state index in [1.54, 1.807) is 0 Å². The molecule has 3 heteroatoms. The molecule has 1 saturated carbocycles. The predicted molar refractivity (Wildman–Crippen MR) is 74.6 cm³/mol. The fraction of sp³-hybridized carbons (Fsp3) is 0.667. The van der Waals surface area contributed by atoms with Gasteiger partial charge in [-0.05, 0) is 30.4 Å². The standard InChI is InChI=1S/C15H24N2O/c1-3-13-6-4-5-7-14(13)18-11-12-8-9-15(16-2)17-10-12/h8-10,13-14H,3-7,11H2,1-2H3,(H,16,17). The largest absolute Gasteiger partial charge is 0.373 e. The van der Waals surface area contributed by atoms with Gasteiger partial charge in [-0.1, -0.05) is 32.3 Å². The molecule has 2 rings (SSSR count). The van der Waals surface area contributed by atoms with Gasteiger partial charge >= 0.3 is 0 Å². The summed E-state index contributed by atoms with van der Waals surface area (Å²) in [5, 5.41) is 3.02. The Morgan fingerprint density at radius 3 is 2.83 bits per heavy atom. The first-order valence-corrected chi connectivity index (χ1v) is 7.07. The maximum absolute atomic E-state index is 6.09. The van der Waals surface area contributed by atoms with E-state index in [4.69, 9.17) is 4.74 Å². The number of pyridine rings is 1. The zero-order chi connectivity index (χ0) is 12.8. The Morgan fingerprint density at radius 1 is 1.33 bits per heavy atom. The molecule has 1 aliphatic carbocycles. The Balaban J connectivity index is 1.85. The second-order valence-corrected chi connectivity index (χ2v) is 5.10. The first kappa shape index (κ1) is 13.3. The molecule has 1 aromatic heterocycles. The second-order valence-electron chi connectivity index (χ2n) is 5.10. The van der Waals surface area contributed by atoms with Gasteiger partial charge in [0.1, 0.15) is 5.82 Å². The Hall–Kier alpha value is -1.09. The van der Waals surface area contributed by atoms with E-state index in [0.717, 1.165) is 17.3 Å². The van der Waals surface area contributed by atoms with Crippen LogP contribution in [0.3, 0.4) is 0 Å². The average Bonchev–Trinajstić information content (AvgIpc) is 2.46. The summed E-state index contributed by atoms with van der Waals surface area (Å²) in [6.07, 6.45) is 8.83. The number of aromatic nitrogens is 1. The summed E-state index contributed by atoms with van der Waals surface area (Å²) >= 11 is 0. The zero-order valence-electron chi connectivity index (χ0n) is 11.5. The van der Waals surface area contributed by atoms with Crippen LogP contribution in [0.2, 0.25) is 0 Å². The lowest BCUT2D eigenvalue weighted by molar-refractivity contribution is -0.0222. The quantitative estimate of drug-likeness (QED) is 0.864. The summed E-state index contributed by atoms with van der Waals surface area (Å²) < 4.78 is 6.09. The minimum atomic E-state index is 0.452. The summed E-state index contributed by atoms with van der Waals surface area (Å²) in [6, 6.07) is 4.08. The number of rotatable bonds is 5. The zero-order valence-corrected chi connectivity index (χ0v) is 11.5. The molecule has 1 N–H and O–H groups in total. The summed E-state index contributed by atoms with van der Waals surface area (Å²) in [5.41, 5.74) is 1.16. The van der Waals surface area contributed by atoms with Gasteiger partial charge in [0, 0.05) is 13.2 Å². The van der Waals surface area contributed by atoms with E-state index in [1.807, 2.05) is 19.3 Å². The van der Waals surface area contributed by atoms with E-state index >= 15 is 0 Å². The third-order valence-electron chi connectivity index (χ3n) is 3.91. The lowest BCUT2D eigenvalue weighted by atomic mass is 9.85. The van der Waals surface area contributed by atoms with E-state index in [0.29, 0.717) is 12.7 Å². The highest BCUT2D eigenvalue weighted by molar-refractivity contribution is 5.34. The normalized spacial score (nSPS) is 23.9. The molecule has 2 unspecified atom stereocenters. The first-order chi connectivity index (χ1) is 8.83. The molecule has 1 fully saturated rings. The van der Waals surface area contributed by atoms with Crippen LogP contribution < -0.4 is 5.32 Å². The van der Waals surface area contributed by atoms with Gasteiger partial charge in [-0.25, -0.2) is 4.98 Å². The lowest BCUT2D eigenvalue weighted by Crippen LogP contribution is -2.27. The molecule has 0 radical (unpaired) electrons. The van der Waals surface area contributed by atoms with Crippen LogP contribution in [0.5, 0.6) is 0 Å². The van der Waals surface area contributed by atoms with Crippen LogP contribution in [0.25, 0.3) is 0 Å². The SMILES string of the molecule is CCC1CCCCC1OCc1ccc(NC)nc1. The molecule has 0 spiro atoms. The maximum Gasteiger partial charge on any atom is 0.125 e. The van der Waals surface area contributed by atoms with Gasteiger partial charge in [0.15, 0.2) is 0 Å². The Bertz CT molecular complexity index is 350. The molecular weight excluding hydrogens is 224 g/mol. The maximum atomic E-state index is 6.09. The summed E-state index contributed by atoms with van der Waals surface area (Å²) in [4.78, 5) is 4.31. The molecule has 1 aliphatic rings. The number of nitrogens with one attached hydrogen (secondary N) is 1. The highest BCUT2D eigenvalue weighted by atomic mass is 16.5. The molecule has 3 nitrogen and oxygen atoms in total. The van der Waals surface area contributed by atoms with Crippen molar-refractivity contribution < 1.29 is 4.74 Å². The van der Waals surface area contributed by atoms with Crippen LogP contribution in [0.4, 0.5) is 5.82 Å². The molecule has 0 aromatic carbocycles. The van der Waals surface area contributed by atoms with Crippen molar-refractivity contribution in [1.82, 2.24) is 4.98 Å². The van der Waals surface area contributed by atoms with Crippen molar-refractivity contribution in [2.75, 3.05) is 12.4 Å². The molecule has 0 saturated heterocycles. The number of hydrogen-bond acceptors (Lipinski definition) is 3. The van der Waals surface area contributed by atoms with Gasteiger partial charge in [-0.3, -0.25) is 0 Å². The number of anilines is 1. The van der Waals surface area contributed by atoms with E-state index in [1.165, 1.54) is 32.1 Å². The lowest BCUT2D eigenvalue weighted by Gasteiger charge is -2.30. The molecular formula is C15H24N2O. The van der Waals surface area contributed by atoms with Crippen molar-refractivity contribution >= 4 is 5.82 Å². The third kappa shape index (κ3) is 3.45. The molecule has 2 atom stereocenters. The van der Waals surface area contributed by atoms with Crippen molar-refractivity contribution in [2.24, 2.45) is 5.92 Å². The summed E-state index contributed by atoms with van der Waals surface area (Å²) in [7, 11) is 1.88. The van der Waals surface area contributed by atoms with Crippen LogP contribution in [-0.4, -0.2) is 18.1 Å². The number of nitrogens with zero attached hydrogens (tertiary/aromatic N) is 1. The minimum Gasteiger partial charge on any atom is -0.373 e. The van der Waals surface area contributed by atoms with Crippen LogP contribution in [0.15, 0.2) is 18.3 Å². The van der Waals surface area contributed by atoms with Crippen LogP contribution in [-0.2, 0) is 11.3 Å². The molecule has 0 amide bonds. The molecule has 0 aliphatic heterocycles. The highest BCUT2D eigenvalue weighted by Crippen LogP contribution is 2.29. The molecule has 100 valence electrons. The molecule has 0 bridgehead atoms. The van der Waals surface area contributed by atoms with Crippen molar-refractivity contribution in [3.8, 4) is 0 Å². The predicted octanol–water partition coefficient (Wildman–Crippen LogP) is 3.61. The smallest absolute Gasteiger partial charge is 0.125 e. The third-order valence-corrected chi connectivity index (χ3v) is 3.91. The Kier molecular flexibility index (Phi) is 5.00. The molecule has 18 heavy (non-hydrogen) atoms. The molecule has 1 aromatic rings. The first-order valence-electron chi connectivity index (χ1n) is 7.07. The molecule has 1 heterocycles. The van der Waals surface area contributed by atoms with E-state index in [-0.39, 0.29) is 0 Å². The van der Waals surface area contributed by atoms with E-state index in [9.17, 15) is 0 Å². The van der Waals surface area contributed by atoms with Crippen molar-refractivity contribution in [3.05, 3.63) is 23.9 Å². The van der Waals surface area contributed by atoms with E-state index < -0.39 is 0 Å². The van der Waals surface area contributed by atoms with Crippen LogP contribution in [0, 0.1) is 5.92 Å². The van der Waals surface area contributed by atoms with Gasteiger partial charge in [0.25, 0.3) is 0 Å². The Morgan fingerprint density at radius 2 is 2.17 bits per heavy atom. The number of hydrogen-bond donors (Lipinski definition) is 1. The fourth-order valence-corrected chi connectivity index (χ4v) is 2.72. The minimum absolute atomic E-state index is 0.452.